The quantitative estimate of drug-likeness (QED) is 0.814. The van der Waals surface area contributed by atoms with Gasteiger partial charge in [0, 0.05) is 5.56 Å². The van der Waals surface area contributed by atoms with Crippen LogP contribution < -0.4 is 10.5 Å². The number of rotatable bonds is 2. The first kappa shape index (κ1) is 12.8. The Morgan fingerprint density at radius 1 is 1.25 bits per heavy atom. The molecule has 0 fully saturated rings. The number of benzene rings is 1. The fourth-order valence-corrected chi connectivity index (χ4v) is 1.22. The Kier molecular flexibility index (Phi) is 3.48. The molecule has 0 saturated carbocycles. The van der Waals surface area contributed by atoms with Crippen LogP contribution in [-0.4, -0.2) is 10.6 Å². The molecule has 5 heteroatoms. The third-order valence-electron chi connectivity index (χ3n) is 1.69. The van der Waals surface area contributed by atoms with E-state index in [9.17, 15) is 8.78 Å². The molecule has 0 unspecified atom stereocenters. The summed E-state index contributed by atoms with van der Waals surface area (Å²) in [6.07, 6.45) is 0. The van der Waals surface area contributed by atoms with Gasteiger partial charge in [-0.1, -0.05) is 12.2 Å². The van der Waals surface area contributed by atoms with Gasteiger partial charge in [-0.3, -0.25) is 0 Å². The Balaban J connectivity index is 3.18. The van der Waals surface area contributed by atoms with Crippen LogP contribution >= 0.6 is 12.2 Å². The molecule has 0 aliphatic rings. The second-order valence-electron chi connectivity index (χ2n) is 4.35. The molecule has 0 aliphatic carbocycles. The van der Waals surface area contributed by atoms with Gasteiger partial charge in [-0.25, -0.2) is 8.78 Å². The van der Waals surface area contributed by atoms with E-state index in [0.717, 1.165) is 12.1 Å². The van der Waals surface area contributed by atoms with Crippen molar-refractivity contribution < 1.29 is 13.5 Å². The third-order valence-corrected chi connectivity index (χ3v) is 1.93. The average Bonchev–Trinajstić information content (AvgIpc) is 2.09. The molecule has 0 atom stereocenters. The number of hydrogen-bond donors (Lipinski definition) is 1. The molecule has 0 bridgehead atoms. The largest absolute Gasteiger partial charge is 0.482 e. The maximum absolute atomic E-state index is 13.5. The number of nitrogens with two attached hydrogens (primary N) is 1. The normalized spacial score (nSPS) is 11.3. The zero-order chi connectivity index (χ0) is 12.5. The van der Waals surface area contributed by atoms with Crippen LogP contribution in [0.15, 0.2) is 12.1 Å². The van der Waals surface area contributed by atoms with Gasteiger partial charge in [-0.15, -0.1) is 0 Å². The van der Waals surface area contributed by atoms with Crippen molar-refractivity contribution in [3.63, 3.8) is 0 Å². The predicted molar refractivity (Wildman–Crippen MR) is 62.6 cm³/mol. The molecule has 2 nitrogen and oxygen atoms in total. The molecule has 0 saturated heterocycles. The molecule has 0 spiro atoms. The fourth-order valence-electron chi connectivity index (χ4n) is 1.11. The van der Waals surface area contributed by atoms with Gasteiger partial charge in [0.15, 0.2) is 17.4 Å². The first-order valence-corrected chi connectivity index (χ1v) is 5.09. The second-order valence-corrected chi connectivity index (χ2v) is 4.79. The van der Waals surface area contributed by atoms with E-state index >= 15 is 0 Å². The van der Waals surface area contributed by atoms with Gasteiger partial charge in [0.05, 0.1) is 0 Å². The van der Waals surface area contributed by atoms with Crippen LogP contribution in [0.25, 0.3) is 0 Å². The van der Waals surface area contributed by atoms with Crippen LogP contribution in [0.1, 0.15) is 26.3 Å². The summed E-state index contributed by atoms with van der Waals surface area (Å²) >= 11 is 4.64. The van der Waals surface area contributed by atoms with Crippen LogP contribution in [0, 0.1) is 11.6 Å². The van der Waals surface area contributed by atoms with Gasteiger partial charge >= 0.3 is 0 Å². The highest BCUT2D eigenvalue weighted by atomic mass is 32.1. The number of hydrogen-bond acceptors (Lipinski definition) is 2. The smallest absolute Gasteiger partial charge is 0.191 e. The van der Waals surface area contributed by atoms with Crippen LogP contribution in [0.3, 0.4) is 0 Å². The maximum Gasteiger partial charge on any atom is 0.191 e. The maximum atomic E-state index is 13.5. The molecule has 0 radical (unpaired) electrons. The molecule has 0 aliphatic heterocycles. The Morgan fingerprint density at radius 3 is 2.00 bits per heavy atom. The van der Waals surface area contributed by atoms with Crippen LogP contribution in [0.2, 0.25) is 0 Å². The highest BCUT2D eigenvalue weighted by molar-refractivity contribution is 7.80. The van der Waals surface area contributed by atoms with E-state index in [4.69, 9.17) is 10.5 Å². The molecule has 1 rings (SSSR count). The predicted octanol–water partition coefficient (Wildman–Crippen LogP) is 2.78. The van der Waals surface area contributed by atoms with E-state index in [-0.39, 0.29) is 10.6 Å². The van der Waals surface area contributed by atoms with Crippen molar-refractivity contribution in [3.05, 3.63) is 29.3 Å². The lowest BCUT2D eigenvalue weighted by Crippen LogP contribution is -2.24. The molecular weight excluding hydrogens is 232 g/mol. The van der Waals surface area contributed by atoms with Gasteiger partial charge < -0.3 is 10.5 Å². The monoisotopic (exact) mass is 245 g/mol. The Labute approximate surface area is 98.4 Å². The zero-order valence-corrected chi connectivity index (χ0v) is 10.1. The van der Waals surface area contributed by atoms with Crippen molar-refractivity contribution in [1.29, 1.82) is 0 Å². The van der Waals surface area contributed by atoms with E-state index in [2.05, 4.69) is 12.2 Å². The summed E-state index contributed by atoms with van der Waals surface area (Å²) in [6.45, 7) is 5.11. The van der Waals surface area contributed by atoms with Gasteiger partial charge in [0.1, 0.15) is 10.6 Å². The third kappa shape index (κ3) is 3.13. The summed E-state index contributed by atoms with van der Waals surface area (Å²) in [5.74, 6) is -2.03. The summed E-state index contributed by atoms with van der Waals surface area (Å²) in [6, 6.07) is 2.12. The Bertz CT molecular complexity index is 403. The second kappa shape index (κ2) is 4.33. The minimum absolute atomic E-state index is 0.0555. The molecule has 0 amide bonds. The van der Waals surface area contributed by atoms with Crippen molar-refractivity contribution in [3.8, 4) is 5.75 Å². The molecular formula is C11H13F2NOS. The molecule has 1 aromatic rings. The zero-order valence-electron chi connectivity index (χ0n) is 9.30. The Morgan fingerprint density at radius 2 is 1.69 bits per heavy atom. The molecule has 0 heterocycles. The first-order valence-electron chi connectivity index (χ1n) is 4.68. The summed E-state index contributed by atoms with van der Waals surface area (Å²) < 4.78 is 32.2. The van der Waals surface area contributed by atoms with Crippen molar-refractivity contribution in [2.45, 2.75) is 26.4 Å². The van der Waals surface area contributed by atoms with Crippen LogP contribution in [0.5, 0.6) is 5.75 Å². The number of ether oxygens (including phenoxy) is 1. The standard InChI is InChI=1S/C11H13F2NOS/c1-11(2,3)15-9-7(12)4-6(10(14)16)5-8(9)13/h4-5H,1-3H3,(H2,14,16). The van der Waals surface area contributed by atoms with Crippen molar-refractivity contribution in [2.24, 2.45) is 5.73 Å². The summed E-state index contributed by atoms with van der Waals surface area (Å²) in [5.41, 5.74) is 4.76. The lowest BCUT2D eigenvalue weighted by molar-refractivity contribution is 0.117. The summed E-state index contributed by atoms with van der Waals surface area (Å²) in [4.78, 5) is -0.0555. The number of halogens is 2. The SMILES string of the molecule is CC(C)(C)Oc1c(F)cc(C(N)=S)cc1F. The molecule has 88 valence electrons. The molecule has 1 aromatic carbocycles. The topological polar surface area (TPSA) is 35.2 Å². The van der Waals surface area contributed by atoms with E-state index in [1.54, 1.807) is 20.8 Å². The fraction of sp³-hybridized carbons (Fsp3) is 0.364. The number of thiocarbonyl (C=S) groups is 1. The highest BCUT2D eigenvalue weighted by Crippen LogP contribution is 2.26. The van der Waals surface area contributed by atoms with E-state index in [1.165, 1.54) is 0 Å². The van der Waals surface area contributed by atoms with Crippen molar-refractivity contribution in [1.82, 2.24) is 0 Å². The summed E-state index contributed by atoms with van der Waals surface area (Å²) in [7, 11) is 0. The minimum atomic E-state index is -0.808. The average molecular weight is 245 g/mol. The van der Waals surface area contributed by atoms with E-state index in [1.807, 2.05) is 0 Å². The first-order chi connectivity index (χ1) is 7.20. The van der Waals surface area contributed by atoms with E-state index in [0.29, 0.717) is 0 Å². The highest BCUT2D eigenvalue weighted by Gasteiger charge is 2.20. The molecule has 2 N–H and O–H groups in total. The van der Waals surface area contributed by atoms with Gasteiger partial charge in [-0.05, 0) is 32.9 Å². The van der Waals surface area contributed by atoms with Crippen LogP contribution in [0.4, 0.5) is 8.78 Å². The van der Waals surface area contributed by atoms with E-state index < -0.39 is 23.0 Å². The van der Waals surface area contributed by atoms with Crippen molar-refractivity contribution in [2.75, 3.05) is 0 Å². The molecule has 16 heavy (non-hydrogen) atoms. The van der Waals surface area contributed by atoms with Gasteiger partial charge in [-0.2, -0.15) is 0 Å². The van der Waals surface area contributed by atoms with Crippen LogP contribution in [-0.2, 0) is 0 Å². The van der Waals surface area contributed by atoms with Crippen molar-refractivity contribution >= 4 is 17.2 Å². The lowest BCUT2D eigenvalue weighted by atomic mass is 10.1. The lowest BCUT2D eigenvalue weighted by Gasteiger charge is -2.22. The Hall–Kier alpha value is -1.23. The summed E-state index contributed by atoms with van der Waals surface area (Å²) in [5, 5.41) is 0. The van der Waals surface area contributed by atoms with Gasteiger partial charge in [0.25, 0.3) is 0 Å². The van der Waals surface area contributed by atoms with Gasteiger partial charge in [0.2, 0.25) is 0 Å². The molecule has 0 aromatic heterocycles. The minimum Gasteiger partial charge on any atom is -0.482 e.